The largest absolute Gasteiger partial charge is 0.320 e. The molecule has 0 aromatic heterocycles. The van der Waals surface area contributed by atoms with E-state index in [9.17, 15) is 13.2 Å². The average molecular weight is 237 g/mol. The molecule has 4 heteroatoms. The molecule has 1 unspecified atom stereocenters. The lowest BCUT2D eigenvalue weighted by Crippen LogP contribution is -2.12. The minimum Gasteiger partial charge on any atom is -0.320 e. The highest BCUT2D eigenvalue weighted by Gasteiger charge is 2.11. The summed E-state index contributed by atoms with van der Waals surface area (Å²) in [6.45, 7) is 0. The molecule has 2 aromatic carbocycles. The van der Waals surface area contributed by atoms with E-state index in [1.165, 1.54) is 18.2 Å². The minimum absolute atomic E-state index is 0.271. The van der Waals surface area contributed by atoms with Crippen LogP contribution in [0.2, 0.25) is 0 Å². The first-order valence-electron chi connectivity index (χ1n) is 5.03. The van der Waals surface area contributed by atoms with E-state index in [0.717, 1.165) is 18.2 Å². The lowest BCUT2D eigenvalue weighted by molar-refractivity contribution is 0.577. The molecule has 88 valence electrons. The summed E-state index contributed by atoms with van der Waals surface area (Å²) in [5.74, 6) is -1.84. The van der Waals surface area contributed by atoms with E-state index in [-0.39, 0.29) is 5.56 Å². The third-order valence-corrected chi connectivity index (χ3v) is 2.45. The fraction of sp³-hybridized carbons (Fsp3) is 0.0769. The number of hydrogen-bond donors (Lipinski definition) is 1. The Kier molecular flexibility index (Phi) is 3.15. The van der Waals surface area contributed by atoms with E-state index < -0.39 is 23.5 Å². The Balaban J connectivity index is 2.39. The molecule has 0 fully saturated rings. The Hall–Kier alpha value is -1.81. The van der Waals surface area contributed by atoms with Crippen molar-refractivity contribution in [1.29, 1.82) is 0 Å². The predicted molar refractivity (Wildman–Crippen MR) is 58.8 cm³/mol. The molecule has 0 radical (unpaired) electrons. The van der Waals surface area contributed by atoms with Crippen LogP contribution < -0.4 is 5.73 Å². The maximum atomic E-state index is 13.0. The monoisotopic (exact) mass is 237 g/mol. The van der Waals surface area contributed by atoms with Gasteiger partial charge in [-0.05, 0) is 35.4 Å². The van der Waals surface area contributed by atoms with E-state index in [4.69, 9.17) is 5.73 Å². The van der Waals surface area contributed by atoms with Crippen LogP contribution in [0, 0.1) is 17.5 Å². The molecule has 1 atom stereocenters. The van der Waals surface area contributed by atoms with Crippen LogP contribution in [0.1, 0.15) is 17.2 Å². The summed E-state index contributed by atoms with van der Waals surface area (Å²) >= 11 is 0. The quantitative estimate of drug-likeness (QED) is 0.853. The molecular formula is C13H10F3N. The molecule has 1 nitrogen and oxygen atoms in total. The van der Waals surface area contributed by atoms with Crippen molar-refractivity contribution in [3.63, 3.8) is 0 Å². The second kappa shape index (κ2) is 4.59. The summed E-state index contributed by atoms with van der Waals surface area (Å²) in [5, 5.41) is 0. The Morgan fingerprint density at radius 3 is 1.94 bits per heavy atom. The highest BCUT2D eigenvalue weighted by atomic mass is 19.1. The summed E-state index contributed by atoms with van der Waals surface area (Å²) in [6, 6.07) is 7.92. The molecule has 0 saturated carbocycles. The Bertz CT molecular complexity index is 520. The zero-order chi connectivity index (χ0) is 12.4. The maximum Gasteiger partial charge on any atom is 0.126 e. The van der Waals surface area contributed by atoms with Gasteiger partial charge in [-0.3, -0.25) is 0 Å². The molecule has 0 amide bonds. The predicted octanol–water partition coefficient (Wildman–Crippen LogP) is 3.15. The topological polar surface area (TPSA) is 26.0 Å². The second-order valence-electron chi connectivity index (χ2n) is 3.74. The fourth-order valence-electron chi connectivity index (χ4n) is 1.65. The number of nitrogens with two attached hydrogens (primary N) is 1. The van der Waals surface area contributed by atoms with Crippen molar-refractivity contribution < 1.29 is 13.2 Å². The first kappa shape index (κ1) is 11.7. The smallest absolute Gasteiger partial charge is 0.126 e. The zero-order valence-electron chi connectivity index (χ0n) is 8.83. The van der Waals surface area contributed by atoms with Crippen LogP contribution in [-0.2, 0) is 0 Å². The van der Waals surface area contributed by atoms with Gasteiger partial charge in [0.2, 0.25) is 0 Å². The van der Waals surface area contributed by atoms with Gasteiger partial charge in [0.15, 0.2) is 0 Å². The minimum atomic E-state index is -0.754. The van der Waals surface area contributed by atoms with Gasteiger partial charge in [-0.25, -0.2) is 13.2 Å². The van der Waals surface area contributed by atoms with Crippen LogP contribution >= 0.6 is 0 Å². The Morgan fingerprint density at radius 2 is 1.35 bits per heavy atom. The SMILES string of the molecule is NC(c1cccc(F)c1)c1cc(F)cc(F)c1. The first-order chi connectivity index (χ1) is 8.06. The molecule has 0 spiro atoms. The number of hydrogen-bond acceptors (Lipinski definition) is 1. The lowest BCUT2D eigenvalue weighted by Gasteiger charge is -2.12. The molecule has 0 aliphatic rings. The number of halogens is 3. The van der Waals surface area contributed by atoms with Crippen molar-refractivity contribution >= 4 is 0 Å². The zero-order valence-corrected chi connectivity index (χ0v) is 8.83. The van der Waals surface area contributed by atoms with Gasteiger partial charge in [0.05, 0.1) is 6.04 Å². The van der Waals surface area contributed by atoms with Gasteiger partial charge in [-0.1, -0.05) is 12.1 Å². The van der Waals surface area contributed by atoms with Crippen LogP contribution in [0.3, 0.4) is 0 Å². The molecule has 0 bridgehead atoms. The normalized spacial score (nSPS) is 12.5. The van der Waals surface area contributed by atoms with E-state index in [1.807, 2.05) is 0 Å². The van der Waals surface area contributed by atoms with Gasteiger partial charge in [0, 0.05) is 6.07 Å². The van der Waals surface area contributed by atoms with Gasteiger partial charge in [-0.15, -0.1) is 0 Å². The average Bonchev–Trinajstić information content (AvgIpc) is 2.26. The van der Waals surface area contributed by atoms with Crippen molar-refractivity contribution in [2.45, 2.75) is 6.04 Å². The summed E-state index contributed by atoms with van der Waals surface area (Å²) in [4.78, 5) is 0. The third kappa shape index (κ3) is 2.65. The van der Waals surface area contributed by atoms with Gasteiger partial charge in [-0.2, -0.15) is 0 Å². The summed E-state index contributed by atoms with van der Waals surface area (Å²) < 4.78 is 39.0. The van der Waals surface area contributed by atoms with Crippen LogP contribution in [-0.4, -0.2) is 0 Å². The van der Waals surface area contributed by atoms with Gasteiger partial charge >= 0.3 is 0 Å². The van der Waals surface area contributed by atoms with Crippen molar-refractivity contribution in [1.82, 2.24) is 0 Å². The fourth-order valence-corrected chi connectivity index (χ4v) is 1.65. The van der Waals surface area contributed by atoms with E-state index in [2.05, 4.69) is 0 Å². The molecule has 0 saturated heterocycles. The third-order valence-electron chi connectivity index (χ3n) is 2.45. The van der Waals surface area contributed by atoms with Gasteiger partial charge in [0.1, 0.15) is 17.5 Å². The highest BCUT2D eigenvalue weighted by Crippen LogP contribution is 2.21. The van der Waals surface area contributed by atoms with Crippen molar-refractivity contribution in [2.24, 2.45) is 5.73 Å². The van der Waals surface area contributed by atoms with E-state index in [0.29, 0.717) is 5.56 Å². The molecule has 17 heavy (non-hydrogen) atoms. The number of benzene rings is 2. The maximum absolute atomic E-state index is 13.0. The molecule has 0 aliphatic heterocycles. The second-order valence-corrected chi connectivity index (χ2v) is 3.74. The Labute approximate surface area is 96.7 Å². The summed E-state index contributed by atoms with van der Waals surface area (Å²) in [7, 11) is 0. The lowest BCUT2D eigenvalue weighted by atomic mass is 9.99. The molecule has 2 aromatic rings. The molecular weight excluding hydrogens is 227 g/mol. The molecule has 2 N–H and O–H groups in total. The summed E-state index contributed by atoms with van der Waals surface area (Å²) in [6.07, 6.45) is 0. The van der Waals surface area contributed by atoms with Crippen LogP contribution in [0.5, 0.6) is 0 Å². The van der Waals surface area contributed by atoms with Crippen molar-refractivity contribution in [3.8, 4) is 0 Å². The number of rotatable bonds is 2. The standard InChI is InChI=1S/C13H10F3N/c14-10-3-1-2-8(4-10)13(17)9-5-11(15)7-12(16)6-9/h1-7,13H,17H2. The highest BCUT2D eigenvalue weighted by molar-refractivity contribution is 5.32. The molecule has 0 heterocycles. The van der Waals surface area contributed by atoms with Gasteiger partial charge < -0.3 is 5.73 Å². The van der Waals surface area contributed by atoms with Crippen LogP contribution in [0.4, 0.5) is 13.2 Å². The Morgan fingerprint density at radius 1 is 0.765 bits per heavy atom. The van der Waals surface area contributed by atoms with Crippen molar-refractivity contribution in [3.05, 3.63) is 71.0 Å². The van der Waals surface area contributed by atoms with Crippen LogP contribution in [0.15, 0.2) is 42.5 Å². The van der Waals surface area contributed by atoms with Gasteiger partial charge in [0.25, 0.3) is 0 Å². The van der Waals surface area contributed by atoms with Crippen molar-refractivity contribution in [2.75, 3.05) is 0 Å². The van der Waals surface area contributed by atoms with E-state index in [1.54, 1.807) is 6.07 Å². The van der Waals surface area contributed by atoms with Crippen LogP contribution in [0.25, 0.3) is 0 Å². The molecule has 2 rings (SSSR count). The summed E-state index contributed by atoms with van der Waals surface area (Å²) in [5.41, 5.74) is 6.56. The van der Waals surface area contributed by atoms with E-state index >= 15 is 0 Å². The molecule has 0 aliphatic carbocycles. The first-order valence-corrected chi connectivity index (χ1v) is 5.03.